The van der Waals surface area contributed by atoms with Crippen molar-refractivity contribution in [1.82, 2.24) is 5.32 Å². The molecule has 2 aliphatic rings. The lowest BCUT2D eigenvalue weighted by Crippen LogP contribution is -2.49. The molecule has 27 heavy (non-hydrogen) atoms. The molecule has 1 spiro atoms. The molecule has 2 heterocycles. The van der Waals surface area contributed by atoms with E-state index in [0.717, 1.165) is 16.0 Å². The third-order valence-corrected chi connectivity index (χ3v) is 6.19. The molecule has 2 amide bonds. The monoisotopic (exact) mass is 448 g/mol. The maximum atomic E-state index is 13.4. The van der Waals surface area contributed by atoms with Gasteiger partial charge in [0, 0.05) is 15.1 Å². The number of halogens is 2. The number of imide groups is 1. The fraction of sp³-hybridized carbons (Fsp3) is 0.300. The van der Waals surface area contributed by atoms with Gasteiger partial charge in [-0.05, 0) is 59.6 Å². The van der Waals surface area contributed by atoms with Crippen LogP contribution in [0.25, 0.3) is 0 Å². The molecule has 0 aromatic heterocycles. The van der Waals surface area contributed by atoms with Gasteiger partial charge in [-0.1, -0.05) is 41.9 Å². The minimum atomic E-state index is -0.785. The van der Waals surface area contributed by atoms with Gasteiger partial charge in [-0.2, -0.15) is 0 Å². The molecule has 0 atom stereocenters. The molecule has 0 bridgehead atoms. The second-order valence-corrected chi connectivity index (χ2v) is 8.03. The summed E-state index contributed by atoms with van der Waals surface area (Å²) in [6.45, 7) is 1.49. The highest BCUT2D eigenvalue weighted by molar-refractivity contribution is 9.10. The predicted octanol–water partition coefficient (Wildman–Crippen LogP) is 4.41. The van der Waals surface area contributed by atoms with Gasteiger partial charge in [-0.25, -0.2) is 9.69 Å². The molecule has 5 nitrogen and oxygen atoms in total. The first-order valence-electron chi connectivity index (χ1n) is 8.79. The fourth-order valence-corrected chi connectivity index (χ4v) is 4.75. The van der Waals surface area contributed by atoms with Gasteiger partial charge >= 0.3 is 6.09 Å². The highest BCUT2D eigenvalue weighted by Crippen LogP contribution is 2.52. The Balaban J connectivity index is 1.70. The number of nitrogens with one attached hydrogen (secondary N) is 1. The van der Waals surface area contributed by atoms with E-state index in [9.17, 15) is 9.59 Å². The Kier molecular flexibility index (Phi) is 4.97. The second-order valence-electron chi connectivity index (χ2n) is 6.77. The van der Waals surface area contributed by atoms with Gasteiger partial charge in [0.05, 0.1) is 11.1 Å². The molecule has 0 saturated carbocycles. The van der Waals surface area contributed by atoms with Crippen molar-refractivity contribution in [3.63, 3.8) is 0 Å². The van der Waals surface area contributed by atoms with Crippen LogP contribution < -0.4 is 10.2 Å². The standard InChI is InChI=1S/C20H18BrClN2O3/c21-14-6-7-15(22)16-17(14)24(18(25)20(16)8-10-23-11-9-20)19(26)27-12-13-4-2-1-3-5-13/h1-7,23H,8-12H2. The number of rotatable bonds is 2. The first-order chi connectivity index (χ1) is 13.0. The summed E-state index contributed by atoms with van der Waals surface area (Å²) in [5.41, 5.74) is 1.31. The summed E-state index contributed by atoms with van der Waals surface area (Å²) in [5.74, 6) is -0.258. The average Bonchev–Trinajstić information content (AvgIpc) is 2.94. The maximum Gasteiger partial charge on any atom is 0.421 e. The number of carbonyl (C=O) groups is 2. The van der Waals surface area contributed by atoms with Gasteiger partial charge in [-0.3, -0.25) is 4.79 Å². The van der Waals surface area contributed by atoms with Crippen LogP contribution in [-0.4, -0.2) is 25.1 Å². The number of nitrogens with zero attached hydrogens (tertiary/aromatic N) is 1. The fourth-order valence-electron chi connectivity index (χ4n) is 3.91. The van der Waals surface area contributed by atoms with Crippen LogP contribution in [0.1, 0.15) is 24.0 Å². The first kappa shape index (κ1) is 18.5. The zero-order valence-electron chi connectivity index (χ0n) is 14.5. The van der Waals surface area contributed by atoms with Gasteiger partial charge in [0.2, 0.25) is 5.91 Å². The van der Waals surface area contributed by atoms with E-state index in [4.69, 9.17) is 16.3 Å². The Morgan fingerprint density at radius 3 is 2.59 bits per heavy atom. The Morgan fingerprint density at radius 2 is 1.89 bits per heavy atom. The quantitative estimate of drug-likeness (QED) is 0.738. The van der Waals surface area contributed by atoms with Crippen LogP contribution in [0.15, 0.2) is 46.9 Å². The molecule has 2 aromatic rings. The normalized spacial score (nSPS) is 17.9. The molecule has 0 aliphatic carbocycles. The van der Waals surface area contributed by atoms with Crippen molar-refractivity contribution in [2.24, 2.45) is 0 Å². The van der Waals surface area contributed by atoms with Crippen molar-refractivity contribution < 1.29 is 14.3 Å². The predicted molar refractivity (Wildman–Crippen MR) is 107 cm³/mol. The summed E-state index contributed by atoms with van der Waals surface area (Å²) < 4.78 is 6.11. The highest BCUT2D eigenvalue weighted by Gasteiger charge is 2.55. The highest BCUT2D eigenvalue weighted by atomic mass is 79.9. The molecule has 1 saturated heterocycles. The molecule has 4 rings (SSSR count). The first-order valence-corrected chi connectivity index (χ1v) is 9.96. The smallest absolute Gasteiger partial charge is 0.421 e. The van der Waals surface area contributed by atoms with Crippen molar-refractivity contribution in [3.8, 4) is 0 Å². The number of amides is 2. The Morgan fingerprint density at radius 1 is 1.19 bits per heavy atom. The SMILES string of the molecule is O=C(OCc1ccccc1)N1C(=O)C2(CCNCC2)c2c(Cl)ccc(Br)c21. The van der Waals surface area contributed by atoms with Crippen LogP contribution in [0.2, 0.25) is 5.02 Å². The average molecular weight is 450 g/mol. The molecule has 7 heteroatoms. The minimum Gasteiger partial charge on any atom is -0.444 e. The second kappa shape index (κ2) is 7.26. The van der Waals surface area contributed by atoms with Gasteiger partial charge in [0.15, 0.2) is 0 Å². The van der Waals surface area contributed by atoms with E-state index in [1.165, 1.54) is 0 Å². The number of ether oxygens (including phenoxy) is 1. The lowest BCUT2D eigenvalue weighted by molar-refractivity contribution is -0.123. The zero-order valence-corrected chi connectivity index (χ0v) is 16.8. The van der Waals surface area contributed by atoms with E-state index in [2.05, 4.69) is 21.2 Å². The van der Waals surface area contributed by atoms with Gasteiger partial charge in [-0.15, -0.1) is 0 Å². The summed E-state index contributed by atoms with van der Waals surface area (Å²) in [6.07, 6.45) is 0.512. The molecule has 1 N–H and O–H groups in total. The number of piperidine rings is 1. The van der Waals surface area contributed by atoms with Crippen LogP contribution in [0, 0.1) is 0 Å². The van der Waals surface area contributed by atoms with Crippen LogP contribution in [0.3, 0.4) is 0 Å². The molecular formula is C20H18BrClN2O3. The van der Waals surface area contributed by atoms with E-state index in [0.29, 0.717) is 41.1 Å². The van der Waals surface area contributed by atoms with Gasteiger partial charge in [0.25, 0.3) is 0 Å². The van der Waals surface area contributed by atoms with Crippen molar-refractivity contribution in [2.45, 2.75) is 24.9 Å². The number of benzene rings is 2. The van der Waals surface area contributed by atoms with E-state index in [1.54, 1.807) is 12.1 Å². The topological polar surface area (TPSA) is 58.6 Å². The lowest BCUT2D eigenvalue weighted by Gasteiger charge is -2.33. The lowest BCUT2D eigenvalue weighted by atomic mass is 9.74. The molecular weight excluding hydrogens is 432 g/mol. The van der Waals surface area contributed by atoms with Crippen LogP contribution in [0.4, 0.5) is 10.5 Å². The maximum absolute atomic E-state index is 13.4. The van der Waals surface area contributed by atoms with E-state index >= 15 is 0 Å². The molecule has 140 valence electrons. The van der Waals surface area contributed by atoms with Crippen LogP contribution >= 0.6 is 27.5 Å². The van der Waals surface area contributed by atoms with Gasteiger partial charge in [0.1, 0.15) is 6.61 Å². The Labute approximate surface area is 170 Å². The number of hydrogen-bond donors (Lipinski definition) is 1. The Bertz CT molecular complexity index is 898. The van der Waals surface area contributed by atoms with E-state index in [1.807, 2.05) is 30.3 Å². The van der Waals surface area contributed by atoms with Crippen molar-refractivity contribution in [2.75, 3.05) is 18.0 Å². The molecule has 0 radical (unpaired) electrons. The summed E-state index contributed by atoms with van der Waals surface area (Å²) >= 11 is 9.99. The van der Waals surface area contributed by atoms with Gasteiger partial charge < -0.3 is 10.1 Å². The van der Waals surface area contributed by atoms with Crippen molar-refractivity contribution >= 4 is 45.2 Å². The van der Waals surface area contributed by atoms with Crippen molar-refractivity contribution in [1.29, 1.82) is 0 Å². The third kappa shape index (κ3) is 3.06. The number of fused-ring (bicyclic) bond motifs is 2. The summed E-state index contributed by atoms with van der Waals surface area (Å²) in [6, 6.07) is 12.9. The number of carbonyl (C=O) groups excluding carboxylic acids is 2. The van der Waals surface area contributed by atoms with E-state index in [-0.39, 0.29) is 12.5 Å². The third-order valence-electron chi connectivity index (χ3n) is 5.24. The summed E-state index contributed by atoms with van der Waals surface area (Å²) in [5, 5.41) is 3.77. The van der Waals surface area contributed by atoms with Crippen molar-refractivity contribution in [3.05, 3.63) is 63.1 Å². The van der Waals surface area contributed by atoms with Crippen LogP contribution in [-0.2, 0) is 21.6 Å². The molecule has 1 fully saturated rings. The zero-order chi connectivity index (χ0) is 19.0. The Hall–Kier alpha value is -1.89. The van der Waals surface area contributed by atoms with E-state index < -0.39 is 11.5 Å². The molecule has 2 aliphatic heterocycles. The summed E-state index contributed by atoms with van der Waals surface area (Å²) in [4.78, 5) is 27.5. The molecule has 2 aromatic carbocycles. The van der Waals surface area contributed by atoms with Crippen LogP contribution in [0.5, 0.6) is 0 Å². The minimum absolute atomic E-state index is 0.103. The number of anilines is 1. The largest absolute Gasteiger partial charge is 0.444 e. The molecule has 0 unspecified atom stereocenters. The number of hydrogen-bond acceptors (Lipinski definition) is 4. The summed E-state index contributed by atoms with van der Waals surface area (Å²) in [7, 11) is 0.